The van der Waals surface area contributed by atoms with Crippen LogP contribution in [0, 0.1) is 0 Å². The maximum atomic E-state index is 5.43. The van der Waals surface area contributed by atoms with Crippen molar-refractivity contribution in [1.82, 2.24) is 15.0 Å². The second-order valence-electron chi connectivity index (χ2n) is 2.69. The minimum Gasteiger partial charge on any atom is -0.341 e. The van der Waals surface area contributed by atoms with Crippen LogP contribution in [0.4, 0.5) is 0 Å². The van der Waals surface area contributed by atoms with Crippen molar-refractivity contribution in [2.24, 2.45) is 5.73 Å². The number of nitrogens with zero attached hydrogens (tertiary/aromatic N) is 2. The van der Waals surface area contributed by atoms with Gasteiger partial charge in [0, 0.05) is 18.0 Å². The Bertz CT molecular complexity index is 391. The van der Waals surface area contributed by atoms with Gasteiger partial charge in [-0.2, -0.15) is 0 Å². The molecule has 7 heteroatoms. The zero-order valence-electron chi connectivity index (χ0n) is 8.29. The zero-order valence-corrected chi connectivity index (χ0v) is 10.7. The van der Waals surface area contributed by atoms with Crippen molar-refractivity contribution in [1.29, 1.82) is 0 Å². The lowest BCUT2D eigenvalue weighted by molar-refractivity contribution is 0.950. The summed E-state index contributed by atoms with van der Waals surface area (Å²) in [7, 11) is 0. The number of rotatable bonds is 2. The van der Waals surface area contributed by atoms with Crippen molar-refractivity contribution in [3.63, 3.8) is 0 Å². The molecule has 0 atom stereocenters. The molecule has 0 saturated carbocycles. The van der Waals surface area contributed by atoms with Crippen molar-refractivity contribution in [2.75, 3.05) is 0 Å². The number of hydrogen-bond acceptors (Lipinski definition) is 3. The topological polar surface area (TPSA) is 67.6 Å². The summed E-state index contributed by atoms with van der Waals surface area (Å²) < 4.78 is 0. The number of pyridine rings is 1. The van der Waals surface area contributed by atoms with Crippen LogP contribution in [0.25, 0.3) is 11.3 Å². The van der Waals surface area contributed by atoms with E-state index in [0.717, 1.165) is 17.1 Å². The molecule has 0 aliphatic rings. The van der Waals surface area contributed by atoms with E-state index in [2.05, 4.69) is 15.0 Å². The van der Waals surface area contributed by atoms with Crippen molar-refractivity contribution in [3.8, 4) is 11.3 Å². The molecule has 0 aliphatic carbocycles. The number of imidazole rings is 1. The summed E-state index contributed by atoms with van der Waals surface area (Å²) in [5, 5.41) is 0. The molecule has 2 aromatic rings. The molecule has 2 aromatic heterocycles. The van der Waals surface area contributed by atoms with E-state index in [1.807, 2.05) is 12.1 Å². The summed E-state index contributed by atoms with van der Waals surface area (Å²) >= 11 is 0. The Morgan fingerprint density at radius 2 is 1.94 bits per heavy atom. The number of hydrogen-bond donors (Lipinski definition) is 2. The molecule has 2 heterocycles. The van der Waals surface area contributed by atoms with Crippen LogP contribution in [0.2, 0.25) is 0 Å². The molecule has 0 radical (unpaired) electrons. The number of nitrogens with one attached hydrogen (secondary N) is 1. The molecule has 0 fully saturated rings. The van der Waals surface area contributed by atoms with Crippen LogP contribution in [-0.4, -0.2) is 15.0 Å². The quantitative estimate of drug-likeness (QED) is 0.888. The molecule has 2 rings (SSSR count). The van der Waals surface area contributed by atoms with Gasteiger partial charge in [0.05, 0.1) is 18.4 Å². The van der Waals surface area contributed by atoms with E-state index in [9.17, 15) is 0 Å². The number of halogens is 3. The Labute approximate surface area is 112 Å². The molecule has 3 N–H and O–H groups in total. The lowest BCUT2D eigenvalue weighted by Crippen LogP contribution is -1.97. The van der Waals surface area contributed by atoms with Crippen LogP contribution in [0.1, 0.15) is 5.82 Å². The first-order valence-corrected chi connectivity index (χ1v) is 4.04. The highest BCUT2D eigenvalue weighted by Gasteiger charge is 2.00. The highest BCUT2D eigenvalue weighted by atomic mass is 35.5. The summed E-state index contributed by atoms with van der Waals surface area (Å²) in [5.74, 6) is 0.791. The lowest BCUT2D eigenvalue weighted by Gasteiger charge is -1.94. The predicted molar refractivity (Wildman–Crippen MR) is 71.5 cm³/mol. The van der Waals surface area contributed by atoms with E-state index >= 15 is 0 Å². The van der Waals surface area contributed by atoms with Gasteiger partial charge in [-0.15, -0.1) is 37.2 Å². The summed E-state index contributed by atoms with van der Waals surface area (Å²) in [6, 6.07) is 3.86. The van der Waals surface area contributed by atoms with Crippen LogP contribution in [0.3, 0.4) is 0 Å². The third-order valence-corrected chi connectivity index (χ3v) is 1.79. The third-order valence-electron chi connectivity index (χ3n) is 1.79. The molecule has 0 spiro atoms. The standard InChI is InChI=1S/C9H10N4.3ClH/c10-4-9-12-6-8(13-9)7-2-1-3-11-5-7;;;/h1-3,5-6H,4,10H2,(H,12,13);3*1H. The smallest absolute Gasteiger partial charge is 0.120 e. The number of nitrogens with two attached hydrogens (primary N) is 1. The van der Waals surface area contributed by atoms with E-state index < -0.39 is 0 Å². The van der Waals surface area contributed by atoms with Gasteiger partial charge in [0.2, 0.25) is 0 Å². The van der Waals surface area contributed by atoms with Gasteiger partial charge >= 0.3 is 0 Å². The van der Waals surface area contributed by atoms with Crippen molar-refractivity contribution in [3.05, 3.63) is 36.5 Å². The molecule has 0 aliphatic heterocycles. The fraction of sp³-hybridized carbons (Fsp3) is 0.111. The highest BCUT2D eigenvalue weighted by molar-refractivity contribution is 5.86. The normalized spacial score (nSPS) is 8.31. The first-order valence-electron chi connectivity index (χ1n) is 4.04. The van der Waals surface area contributed by atoms with Crippen LogP contribution >= 0.6 is 37.2 Å². The lowest BCUT2D eigenvalue weighted by atomic mass is 10.2. The van der Waals surface area contributed by atoms with Gasteiger partial charge in [0.25, 0.3) is 0 Å². The maximum Gasteiger partial charge on any atom is 0.120 e. The van der Waals surface area contributed by atoms with Crippen LogP contribution in [-0.2, 0) is 6.54 Å². The van der Waals surface area contributed by atoms with Crippen LogP contribution in [0.15, 0.2) is 30.7 Å². The highest BCUT2D eigenvalue weighted by Crippen LogP contribution is 2.14. The molecule has 4 nitrogen and oxygen atoms in total. The number of aromatic amines is 1. The molecule has 0 amide bonds. The van der Waals surface area contributed by atoms with E-state index in [1.165, 1.54) is 0 Å². The minimum atomic E-state index is 0. The zero-order chi connectivity index (χ0) is 9.10. The van der Waals surface area contributed by atoms with Gasteiger partial charge in [0.1, 0.15) is 5.82 Å². The Kier molecular flexibility index (Phi) is 9.18. The largest absolute Gasteiger partial charge is 0.341 e. The van der Waals surface area contributed by atoms with Gasteiger partial charge < -0.3 is 10.7 Å². The van der Waals surface area contributed by atoms with E-state index in [4.69, 9.17) is 5.73 Å². The average molecular weight is 284 g/mol. The predicted octanol–water partition coefficient (Wildman–Crippen LogP) is 2.20. The maximum absolute atomic E-state index is 5.43. The van der Waals surface area contributed by atoms with Gasteiger partial charge in [0.15, 0.2) is 0 Å². The molecule has 90 valence electrons. The van der Waals surface area contributed by atoms with Crippen molar-refractivity contribution < 1.29 is 0 Å². The SMILES string of the molecule is Cl.Cl.Cl.NCc1ncc(-c2cccnc2)[nH]1. The Balaban J connectivity index is 0. The monoisotopic (exact) mass is 282 g/mol. The summed E-state index contributed by atoms with van der Waals surface area (Å²) in [6.07, 6.45) is 5.29. The number of H-pyrrole nitrogens is 1. The Hall–Kier alpha value is -0.810. The third kappa shape index (κ3) is 3.98. The fourth-order valence-corrected chi connectivity index (χ4v) is 1.13. The van der Waals surface area contributed by atoms with Crippen molar-refractivity contribution in [2.45, 2.75) is 6.54 Å². The molecule has 0 bridgehead atoms. The second-order valence-corrected chi connectivity index (χ2v) is 2.69. The van der Waals surface area contributed by atoms with Crippen molar-refractivity contribution >= 4 is 37.2 Å². The van der Waals surface area contributed by atoms with Crippen LogP contribution in [0.5, 0.6) is 0 Å². The molecular formula is C9H13Cl3N4. The van der Waals surface area contributed by atoms with Gasteiger partial charge in [-0.25, -0.2) is 4.98 Å². The minimum absolute atomic E-state index is 0. The van der Waals surface area contributed by atoms with E-state index in [1.54, 1.807) is 18.6 Å². The summed E-state index contributed by atoms with van der Waals surface area (Å²) in [5.41, 5.74) is 7.41. The first-order chi connectivity index (χ1) is 6.40. The van der Waals surface area contributed by atoms with Gasteiger partial charge in [-0.3, -0.25) is 4.98 Å². The second kappa shape index (κ2) is 8.35. The molecule has 0 aromatic carbocycles. The number of aromatic nitrogens is 3. The average Bonchev–Trinajstić information content (AvgIpc) is 2.67. The van der Waals surface area contributed by atoms with E-state index in [0.29, 0.717) is 6.54 Å². The summed E-state index contributed by atoms with van der Waals surface area (Å²) in [6.45, 7) is 0.431. The fourth-order valence-electron chi connectivity index (χ4n) is 1.13. The van der Waals surface area contributed by atoms with E-state index in [-0.39, 0.29) is 37.2 Å². The molecular weight excluding hydrogens is 270 g/mol. The molecule has 0 unspecified atom stereocenters. The Morgan fingerprint density at radius 1 is 1.19 bits per heavy atom. The Morgan fingerprint density at radius 3 is 2.44 bits per heavy atom. The van der Waals surface area contributed by atoms with Crippen LogP contribution < -0.4 is 5.73 Å². The van der Waals surface area contributed by atoms with Gasteiger partial charge in [-0.05, 0) is 12.1 Å². The molecule has 0 saturated heterocycles. The molecule has 16 heavy (non-hydrogen) atoms. The van der Waals surface area contributed by atoms with Gasteiger partial charge in [-0.1, -0.05) is 0 Å². The summed E-state index contributed by atoms with van der Waals surface area (Å²) in [4.78, 5) is 11.2. The first kappa shape index (κ1) is 17.6.